The molecule has 0 fully saturated rings. The van der Waals surface area contributed by atoms with Crippen molar-refractivity contribution in [2.24, 2.45) is 0 Å². The van der Waals surface area contributed by atoms with E-state index in [1.807, 2.05) is 6.07 Å². The summed E-state index contributed by atoms with van der Waals surface area (Å²) in [5.74, 6) is 1.76. The zero-order valence-electron chi connectivity index (χ0n) is 17.4. The van der Waals surface area contributed by atoms with Crippen molar-refractivity contribution in [1.82, 2.24) is 9.55 Å². The van der Waals surface area contributed by atoms with Crippen LogP contribution >= 0.6 is 11.8 Å². The second-order valence-electron chi connectivity index (χ2n) is 7.84. The van der Waals surface area contributed by atoms with E-state index in [4.69, 9.17) is 9.72 Å². The van der Waals surface area contributed by atoms with E-state index in [0.717, 1.165) is 59.3 Å². The minimum Gasteiger partial charge on any atom is -0.494 e. The molecule has 0 spiro atoms. The van der Waals surface area contributed by atoms with Crippen molar-refractivity contribution in [2.75, 3.05) is 12.4 Å². The molecule has 1 aromatic carbocycles. The summed E-state index contributed by atoms with van der Waals surface area (Å²) in [7, 11) is 0. The van der Waals surface area contributed by atoms with Crippen molar-refractivity contribution in [2.45, 2.75) is 64.1 Å². The van der Waals surface area contributed by atoms with Crippen molar-refractivity contribution < 1.29 is 4.74 Å². The van der Waals surface area contributed by atoms with Crippen molar-refractivity contribution in [1.29, 1.82) is 0 Å². The van der Waals surface area contributed by atoms with E-state index in [1.54, 1.807) is 22.4 Å². The van der Waals surface area contributed by atoms with Crippen LogP contribution in [0.1, 0.15) is 51.7 Å². The highest BCUT2D eigenvalue weighted by Crippen LogP contribution is 2.42. The van der Waals surface area contributed by atoms with Gasteiger partial charge in [-0.05, 0) is 42.4 Å². The highest BCUT2D eigenvalue weighted by atomic mass is 32.2. The molecule has 4 nitrogen and oxygen atoms in total. The van der Waals surface area contributed by atoms with Gasteiger partial charge in [-0.2, -0.15) is 0 Å². The van der Waals surface area contributed by atoms with Gasteiger partial charge in [0, 0.05) is 23.1 Å². The predicted octanol–water partition coefficient (Wildman–Crippen LogP) is 5.22. The first-order valence-corrected chi connectivity index (χ1v) is 11.1. The lowest BCUT2D eigenvalue weighted by atomic mass is 9.72. The van der Waals surface area contributed by atoms with Gasteiger partial charge in [0.15, 0.2) is 5.16 Å². The van der Waals surface area contributed by atoms with Crippen LogP contribution in [0.5, 0.6) is 5.75 Å². The van der Waals surface area contributed by atoms with E-state index in [-0.39, 0.29) is 11.0 Å². The molecular weight excluding hydrogens is 368 g/mol. The van der Waals surface area contributed by atoms with Gasteiger partial charge >= 0.3 is 0 Å². The fourth-order valence-electron chi connectivity index (χ4n) is 3.81. The first kappa shape index (κ1) is 20.7. The van der Waals surface area contributed by atoms with E-state index in [2.05, 4.69) is 46.4 Å². The quantitative estimate of drug-likeness (QED) is 0.265. The van der Waals surface area contributed by atoms with Crippen LogP contribution in [-0.2, 0) is 18.4 Å². The number of hydrogen-bond donors (Lipinski definition) is 0. The SMILES string of the molecule is C=CCn1c(SCC)nc2c(c1=O)C(C)(C)Cc1cc(OCCCC)ccc1-2. The Balaban J connectivity index is 2.15. The average Bonchev–Trinajstić information content (AvgIpc) is 2.64. The fourth-order valence-corrected chi connectivity index (χ4v) is 4.53. The van der Waals surface area contributed by atoms with Crippen LogP contribution < -0.4 is 10.3 Å². The van der Waals surface area contributed by atoms with E-state index < -0.39 is 0 Å². The maximum absolute atomic E-state index is 13.4. The number of rotatable bonds is 8. The smallest absolute Gasteiger partial charge is 0.258 e. The summed E-state index contributed by atoms with van der Waals surface area (Å²) in [5.41, 5.74) is 3.66. The van der Waals surface area contributed by atoms with Crippen LogP contribution in [0.3, 0.4) is 0 Å². The Kier molecular flexibility index (Phi) is 6.33. The summed E-state index contributed by atoms with van der Waals surface area (Å²) in [4.78, 5) is 18.4. The van der Waals surface area contributed by atoms with Crippen LogP contribution in [0.4, 0.5) is 0 Å². The molecule has 0 radical (unpaired) electrons. The highest BCUT2D eigenvalue weighted by Gasteiger charge is 2.36. The molecule has 0 unspecified atom stereocenters. The first-order chi connectivity index (χ1) is 13.4. The maximum Gasteiger partial charge on any atom is 0.258 e. The summed E-state index contributed by atoms with van der Waals surface area (Å²) >= 11 is 1.60. The van der Waals surface area contributed by atoms with E-state index in [1.165, 1.54) is 5.56 Å². The molecule has 150 valence electrons. The second kappa shape index (κ2) is 8.56. The van der Waals surface area contributed by atoms with Crippen LogP contribution in [0, 0.1) is 0 Å². The zero-order chi connectivity index (χ0) is 20.3. The van der Waals surface area contributed by atoms with Gasteiger partial charge in [-0.3, -0.25) is 9.36 Å². The average molecular weight is 399 g/mol. The Hall–Kier alpha value is -2.01. The van der Waals surface area contributed by atoms with Crippen LogP contribution in [0.2, 0.25) is 0 Å². The van der Waals surface area contributed by atoms with Crippen molar-refractivity contribution in [3.8, 4) is 17.0 Å². The van der Waals surface area contributed by atoms with Gasteiger partial charge in [0.05, 0.1) is 12.3 Å². The third-order valence-electron chi connectivity index (χ3n) is 5.13. The minimum absolute atomic E-state index is 0.0553. The molecule has 0 bridgehead atoms. The lowest BCUT2D eigenvalue weighted by Crippen LogP contribution is -2.38. The predicted molar refractivity (Wildman–Crippen MR) is 118 cm³/mol. The summed E-state index contributed by atoms with van der Waals surface area (Å²) in [6.45, 7) is 13.5. The third kappa shape index (κ3) is 3.90. The normalized spacial score (nSPS) is 14.3. The molecule has 1 aromatic heterocycles. The van der Waals surface area contributed by atoms with Gasteiger partial charge in [0.1, 0.15) is 5.75 Å². The second-order valence-corrected chi connectivity index (χ2v) is 9.07. The number of unbranched alkanes of at least 4 members (excludes halogenated alkanes) is 1. The molecule has 0 amide bonds. The molecule has 1 aliphatic carbocycles. The number of thioether (sulfide) groups is 1. The maximum atomic E-state index is 13.4. The van der Waals surface area contributed by atoms with Gasteiger partial charge in [0.2, 0.25) is 0 Å². The van der Waals surface area contributed by atoms with Crippen molar-refractivity contribution in [3.63, 3.8) is 0 Å². The standard InChI is InChI=1S/C23H30N2O2S/c1-6-9-13-27-17-10-11-18-16(14-17)15-23(4,5)19-20(18)24-22(28-8-3)25(12-7-2)21(19)26/h7,10-11,14H,2,6,8-9,12-13,15H2,1,3-5H3. The fraction of sp³-hybridized carbons (Fsp3) is 0.478. The Bertz CT molecular complexity index is 931. The van der Waals surface area contributed by atoms with E-state index in [0.29, 0.717) is 6.54 Å². The summed E-state index contributed by atoms with van der Waals surface area (Å²) in [6, 6.07) is 6.19. The molecule has 1 aliphatic rings. The molecular formula is C23H30N2O2S. The van der Waals surface area contributed by atoms with Gasteiger partial charge in [-0.1, -0.05) is 52.0 Å². The molecule has 0 aliphatic heterocycles. The Labute approximate surface area is 172 Å². The van der Waals surface area contributed by atoms with Crippen LogP contribution in [-0.4, -0.2) is 21.9 Å². The minimum atomic E-state index is -0.285. The monoisotopic (exact) mass is 398 g/mol. The van der Waals surface area contributed by atoms with E-state index >= 15 is 0 Å². The first-order valence-electron chi connectivity index (χ1n) is 10.1. The van der Waals surface area contributed by atoms with Crippen molar-refractivity contribution >= 4 is 11.8 Å². The lowest BCUT2D eigenvalue weighted by molar-refractivity contribution is 0.309. The number of hydrogen-bond acceptors (Lipinski definition) is 4. The molecule has 28 heavy (non-hydrogen) atoms. The largest absolute Gasteiger partial charge is 0.494 e. The molecule has 1 heterocycles. The summed E-state index contributed by atoms with van der Waals surface area (Å²) in [6.07, 6.45) is 4.72. The number of aromatic nitrogens is 2. The number of nitrogens with zero attached hydrogens (tertiary/aromatic N) is 2. The highest BCUT2D eigenvalue weighted by molar-refractivity contribution is 7.99. The van der Waals surface area contributed by atoms with E-state index in [9.17, 15) is 4.79 Å². The Morgan fingerprint density at radius 1 is 1.36 bits per heavy atom. The van der Waals surface area contributed by atoms with Crippen molar-refractivity contribution in [3.05, 3.63) is 52.3 Å². The number of fused-ring (bicyclic) bond motifs is 3. The van der Waals surface area contributed by atoms with Crippen LogP contribution in [0.25, 0.3) is 11.3 Å². The summed E-state index contributed by atoms with van der Waals surface area (Å²) < 4.78 is 7.66. The molecule has 3 rings (SSSR count). The Morgan fingerprint density at radius 2 is 2.14 bits per heavy atom. The van der Waals surface area contributed by atoms with Crippen LogP contribution in [0.15, 0.2) is 40.8 Å². The number of ether oxygens (including phenoxy) is 1. The summed E-state index contributed by atoms with van der Waals surface area (Å²) in [5, 5.41) is 0.762. The van der Waals surface area contributed by atoms with Gasteiger partial charge < -0.3 is 4.74 Å². The molecule has 0 saturated carbocycles. The Morgan fingerprint density at radius 3 is 2.82 bits per heavy atom. The molecule has 0 saturated heterocycles. The molecule has 2 aromatic rings. The topological polar surface area (TPSA) is 44.1 Å². The molecule has 5 heteroatoms. The lowest BCUT2D eigenvalue weighted by Gasteiger charge is -2.33. The zero-order valence-corrected chi connectivity index (χ0v) is 18.2. The third-order valence-corrected chi connectivity index (χ3v) is 5.99. The van der Waals surface area contributed by atoms with Gasteiger partial charge in [-0.15, -0.1) is 6.58 Å². The number of benzene rings is 1. The molecule has 0 N–H and O–H groups in total. The number of allylic oxidation sites excluding steroid dienone is 1. The van der Waals surface area contributed by atoms with Gasteiger partial charge in [-0.25, -0.2) is 4.98 Å². The molecule has 0 atom stereocenters. The van der Waals surface area contributed by atoms with Gasteiger partial charge in [0.25, 0.3) is 5.56 Å².